The summed E-state index contributed by atoms with van der Waals surface area (Å²) in [6.45, 7) is 13.5. The highest BCUT2D eigenvalue weighted by Gasteiger charge is 2.45. The molecule has 3 N–H and O–H groups in total. The molecule has 0 saturated heterocycles. The molecule has 0 radical (unpaired) electrons. The fourth-order valence-electron chi connectivity index (χ4n) is 5.12. The number of carbonyl (C=O) groups excluding carboxylic acids is 2. The second-order valence-electron chi connectivity index (χ2n) is 12.2. The molecule has 1 atom stereocenters. The van der Waals surface area contributed by atoms with Crippen LogP contribution < -0.4 is 10.6 Å². The van der Waals surface area contributed by atoms with E-state index >= 15 is 0 Å². The molecule has 196 valence electrons. The van der Waals surface area contributed by atoms with Crippen molar-refractivity contribution in [1.29, 1.82) is 0 Å². The minimum absolute atomic E-state index is 0.168. The molecule has 1 aliphatic rings. The molecule has 2 amide bonds. The highest BCUT2D eigenvalue weighted by Crippen LogP contribution is 2.43. The van der Waals surface area contributed by atoms with E-state index in [-0.39, 0.29) is 22.6 Å². The minimum atomic E-state index is -1.44. The minimum Gasteiger partial charge on any atom is -0.480 e. The smallest absolute Gasteiger partial charge is 0.412 e. The molecule has 0 heterocycles. The number of fused-ring (bicyclic) bond motifs is 1. The van der Waals surface area contributed by atoms with E-state index in [9.17, 15) is 19.5 Å². The van der Waals surface area contributed by atoms with Crippen LogP contribution in [-0.2, 0) is 9.53 Å². The lowest BCUT2D eigenvalue weighted by Gasteiger charge is -2.42. The Kier molecular flexibility index (Phi) is 7.72. The largest absolute Gasteiger partial charge is 0.480 e. The van der Waals surface area contributed by atoms with Gasteiger partial charge in [-0.25, -0.2) is 9.59 Å². The number of nitrogens with one attached hydrogen (secondary N) is 2. The molecule has 0 spiro atoms. The zero-order valence-corrected chi connectivity index (χ0v) is 22.5. The summed E-state index contributed by atoms with van der Waals surface area (Å²) >= 11 is 0. The Morgan fingerprint density at radius 1 is 0.861 bits per heavy atom. The van der Waals surface area contributed by atoms with E-state index in [1.165, 1.54) is 0 Å². The normalized spacial score (nSPS) is 20.3. The van der Waals surface area contributed by atoms with E-state index in [0.717, 1.165) is 36.5 Å². The molecule has 0 bridgehead atoms. The molecule has 0 aliphatic heterocycles. The third kappa shape index (κ3) is 6.37. The summed E-state index contributed by atoms with van der Waals surface area (Å²) in [5.74, 6) is -1.28. The molecule has 1 aliphatic carbocycles. The summed E-state index contributed by atoms with van der Waals surface area (Å²) in [4.78, 5) is 38.6. The van der Waals surface area contributed by atoms with Crippen molar-refractivity contribution >= 4 is 34.4 Å². The maximum absolute atomic E-state index is 13.6. The fraction of sp³-hybridized carbons (Fsp3) is 0.552. The van der Waals surface area contributed by atoms with E-state index in [1.54, 1.807) is 39.8 Å². The van der Waals surface area contributed by atoms with E-state index in [1.807, 2.05) is 24.3 Å². The predicted octanol–water partition coefficient (Wildman–Crippen LogP) is 6.61. The number of rotatable bonds is 5. The zero-order valence-electron chi connectivity index (χ0n) is 22.5. The molecule has 2 aromatic rings. The molecule has 7 heteroatoms. The van der Waals surface area contributed by atoms with Crippen molar-refractivity contribution in [2.45, 2.75) is 85.3 Å². The molecule has 0 aromatic heterocycles. The molecular weight excluding hydrogens is 456 g/mol. The zero-order chi connectivity index (χ0) is 26.9. The predicted molar refractivity (Wildman–Crippen MR) is 142 cm³/mol. The summed E-state index contributed by atoms with van der Waals surface area (Å²) in [6.07, 6.45) is 2.62. The number of anilines is 1. The number of hydrogen-bond donors (Lipinski definition) is 3. The number of ether oxygens (including phenoxy) is 1. The third-order valence-corrected chi connectivity index (χ3v) is 7.35. The maximum atomic E-state index is 13.6. The molecule has 0 unspecified atom stereocenters. The van der Waals surface area contributed by atoms with Crippen LogP contribution >= 0.6 is 0 Å². The first kappa shape index (κ1) is 27.5. The second-order valence-corrected chi connectivity index (χ2v) is 12.2. The van der Waals surface area contributed by atoms with Gasteiger partial charge in [-0.15, -0.1) is 0 Å². The van der Waals surface area contributed by atoms with Crippen LogP contribution in [0.15, 0.2) is 36.4 Å². The highest BCUT2D eigenvalue weighted by molar-refractivity contribution is 6.08. The average Bonchev–Trinajstić information content (AvgIpc) is 2.76. The van der Waals surface area contributed by atoms with Gasteiger partial charge < -0.3 is 15.2 Å². The van der Waals surface area contributed by atoms with Crippen molar-refractivity contribution in [2.75, 3.05) is 5.32 Å². The van der Waals surface area contributed by atoms with E-state index in [0.29, 0.717) is 5.92 Å². The van der Waals surface area contributed by atoms with Gasteiger partial charge in [-0.3, -0.25) is 10.1 Å². The quantitative estimate of drug-likeness (QED) is 0.432. The van der Waals surface area contributed by atoms with Gasteiger partial charge in [0.05, 0.1) is 11.3 Å². The molecule has 1 saturated carbocycles. The summed E-state index contributed by atoms with van der Waals surface area (Å²) in [5, 5.41) is 17.4. The number of carboxylic acids is 1. The van der Waals surface area contributed by atoms with Crippen molar-refractivity contribution < 1.29 is 24.2 Å². The second kappa shape index (κ2) is 10.1. The van der Waals surface area contributed by atoms with E-state index < -0.39 is 29.1 Å². The van der Waals surface area contributed by atoms with Crippen LogP contribution in [0.2, 0.25) is 0 Å². The van der Waals surface area contributed by atoms with Crippen LogP contribution in [0.1, 0.15) is 84.5 Å². The first-order valence-electron chi connectivity index (χ1n) is 12.7. The molecule has 3 rings (SSSR count). The summed E-state index contributed by atoms with van der Waals surface area (Å²) in [7, 11) is 0. The van der Waals surface area contributed by atoms with Crippen molar-refractivity contribution in [1.82, 2.24) is 5.32 Å². The van der Waals surface area contributed by atoms with Gasteiger partial charge in [0.25, 0.3) is 5.91 Å². The maximum Gasteiger partial charge on any atom is 0.412 e. The van der Waals surface area contributed by atoms with Gasteiger partial charge >= 0.3 is 12.1 Å². The van der Waals surface area contributed by atoms with E-state index in [2.05, 4.69) is 31.4 Å². The van der Waals surface area contributed by atoms with Gasteiger partial charge in [-0.1, -0.05) is 45.0 Å². The lowest BCUT2D eigenvalue weighted by molar-refractivity contribution is -0.147. The Balaban J connectivity index is 1.91. The third-order valence-electron chi connectivity index (χ3n) is 7.35. The standard InChI is InChI=1S/C29H40N2O5/c1-27(2,3)20-12-14-21(15-13-20)29(7,25(33)34)31-24(32)22-16-18-10-8-9-11-19(18)17-23(22)30-26(35)36-28(4,5)6/h8-11,16-17,20-21H,12-15H2,1-7H3,(H,30,35)(H,31,32)(H,33,34)/t20?,21?,29-/m0/s1. The topological polar surface area (TPSA) is 105 Å². The van der Waals surface area contributed by atoms with Gasteiger partial charge in [-0.2, -0.15) is 0 Å². The number of hydrogen-bond acceptors (Lipinski definition) is 4. The van der Waals surface area contributed by atoms with Crippen LogP contribution in [0.3, 0.4) is 0 Å². The van der Waals surface area contributed by atoms with Gasteiger partial charge in [0.1, 0.15) is 11.1 Å². The number of benzene rings is 2. The van der Waals surface area contributed by atoms with Crippen LogP contribution in [-0.4, -0.2) is 34.2 Å². The Hall–Kier alpha value is -3.09. The molecule has 36 heavy (non-hydrogen) atoms. The summed E-state index contributed by atoms with van der Waals surface area (Å²) in [5.41, 5.74) is -1.52. The number of amides is 2. The lowest BCUT2D eigenvalue weighted by Crippen LogP contribution is -2.58. The van der Waals surface area contributed by atoms with Gasteiger partial charge in [0.2, 0.25) is 0 Å². The SMILES string of the molecule is CC(C)(C)OC(=O)Nc1cc2ccccc2cc1C(=O)N[C@](C)(C(=O)O)C1CCC(C(C)(C)C)CC1. The molecule has 1 fully saturated rings. The number of aliphatic carboxylic acids is 1. The Bertz CT molecular complexity index is 1140. The van der Waals surface area contributed by atoms with Gasteiger partial charge in [-0.05, 0) is 93.5 Å². The molecular formula is C29H40N2O5. The van der Waals surface area contributed by atoms with Crippen LogP contribution in [0.4, 0.5) is 10.5 Å². The van der Waals surface area contributed by atoms with Gasteiger partial charge in [0.15, 0.2) is 0 Å². The van der Waals surface area contributed by atoms with Crippen molar-refractivity contribution in [3.63, 3.8) is 0 Å². The van der Waals surface area contributed by atoms with Crippen molar-refractivity contribution in [3.05, 3.63) is 42.0 Å². The Labute approximate surface area is 214 Å². The van der Waals surface area contributed by atoms with Crippen molar-refractivity contribution in [3.8, 4) is 0 Å². The van der Waals surface area contributed by atoms with E-state index in [4.69, 9.17) is 4.74 Å². The first-order chi connectivity index (χ1) is 16.6. The molecule has 7 nitrogen and oxygen atoms in total. The average molecular weight is 497 g/mol. The Morgan fingerprint density at radius 3 is 1.89 bits per heavy atom. The van der Waals surface area contributed by atoms with Crippen LogP contribution in [0.5, 0.6) is 0 Å². The van der Waals surface area contributed by atoms with Gasteiger partial charge in [0, 0.05) is 0 Å². The molecule has 2 aromatic carbocycles. The summed E-state index contributed by atoms with van der Waals surface area (Å²) < 4.78 is 5.38. The van der Waals surface area contributed by atoms with Crippen LogP contribution in [0.25, 0.3) is 10.8 Å². The van der Waals surface area contributed by atoms with Crippen molar-refractivity contribution in [2.24, 2.45) is 17.3 Å². The Morgan fingerprint density at radius 2 is 1.39 bits per heavy atom. The number of carbonyl (C=O) groups is 3. The fourth-order valence-corrected chi connectivity index (χ4v) is 5.12. The first-order valence-corrected chi connectivity index (χ1v) is 12.7. The number of carboxylic acid groups (broad SMARTS) is 1. The lowest BCUT2D eigenvalue weighted by atomic mass is 9.66. The highest BCUT2D eigenvalue weighted by atomic mass is 16.6. The summed E-state index contributed by atoms with van der Waals surface area (Å²) in [6, 6.07) is 10.9. The van der Waals surface area contributed by atoms with Crippen LogP contribution in [0, 0.1) is 17.3 Å². The monoisotopic (exact) mass is 496 g/mol.